The number of carbonyl (C=O) groups excluding carboxylic acids is 2. The fourth-order valence-corrected chi connectivity index (χ4v) is 5.20. The summed E-state index contributed by atoms with van der Waals surface area (Å²) in [7, 11) is 0. The van der Waals surface area contributed by atoms with E-state index in [9.17, 15) is 14.7 Å². The fourth-order valence-electron chi connectivity index (χ4n) is 4.59. The number of terminal acetylenes is 1. The second kappa shape index (κ2) is 16.2. The van der Waals surface area contributed by atoms with Gasteiger partial charge in [-0.2, -0.15) is 0 Å². The molecule has 0 radical (unpaired) electrons. The zero-order chi connectivity index (χ0) is 28.9. The van der Waals surface area contributed by atoms with Crippen molar-refractivity contribution in [2.45, 2.75) is 51.8 Å². The molecule has 3 aromatic carbocycles. The van der Waals surface area contributed by atoms with Crippen LogP contribution in [-0.2, 0) is 13.0 Å². The van der Waals surface area contributed by atoms with Gasteiger partial charge in [-0.25, -0.2) is 0 Å². The van der Waals surface area contributed by atoms with E-state index in [1.165, 1.54) is 0 Å². The third-order valence-electron chi connectivity index (χ3n) is 6.57. The van der Waals surface area contributed by atoms with Crippen LogP contribution in [0.3, 0.4) is 0 Å². The van der Waals surface area contributed by atoms with E-state index in [0.29, 0.717) is 55.7 Å². The average Bonchev–Trinajstić information content (AvgIpc) is 2.97. The van der Waals surface area contributed by atoms with Crippen molar-refractivity contribution in [3.8, 4) is 12.3 Å². The first kappa shape index (κ1) is 31.3. The molecule has 7 heteroatoms. The monoisotopic (exact) mass is 651 g/mol. The molecule has 0 aromatic heterocycles. The molecule has 6 nitrogen and oxygen atoms in total. The predicted molar refractivity (Wildman–Crippen MR) is 169 cm³/mol. The van der Waals surface area contributed by atoms with E-state index in [4.69, 9.17) is 6.42 Å². The van der Waals surface area contributed by atoms with Crippen molar-refractivity contribution < 1.29 is 14.7 Å². The maximum Gasteiger partial charge on any atom is 0.254 e. The minimum absolute atomic E-state index is 0.263. The number of rotatable bonds is 14. The molecule has 0 unspecified atom stereocenters. The molecule has 2 amide bonds. The van der Waals surface area contributed by atoms with E-state index in [2.05, 4.69) is 45.2 Å². The van der Waals surface area contributed by atoms with Crippen molar-refractivity contribution >= 4 is 34.4 Å². The zero-order valence-corrected chi connectivity index (χ0v) is 25.4. The van der Waals surface area contributed by atoms with Gasteiger partial charge in [-0.15, -0.1) is 6.42 Å². The fraction of sp³-hybridized carbons (Fsp3) is 0.333. The van der Waals surface area contributed by atoms with Gasteiger partial charge in [-0.05, 0) is 83.3 Å². The lowest BCUT2D eigenvalue weighted by Gasteiger charge is -2.35. The summed E-state index contributed by atoms with van der Waals surface area (Å²) in [6.07, 6.45) is 6.85. The average molecular weight is 652 g/mol. The second-order valence-corrected chi connectivity index (χ2v) is 11.0. The van der Waals surface area contributed by atoms with Gasteiger partial charge in [-0.3, -0.25) is 9.59 Å². The Morgan fingerprint density at radius 3 is 2.38 bits per heavy atom. The molecule has 0 bridgehead atoms. The van der Waals surface area contributed by atoms with Crippen LogP contribution in [0.15, 0.2) is 72.8 Å². The molecular weight excluding hydrogens is 613 g/mol. The number of amides is 2. The largest absolute Gasteiger partial charge is 0.390 e. The van der Waals surface area contributed by atoms with Crippen LogP contribution in [0, 0.1) is 15.9 Å². The molecule has 0 spiro atoms. The molecule has 0 saturated carbocycles. The first-order chi connectivity index (χ1) is 19.4. The van der Waals surface area contributed by atoms with Gasteiger partial charge in [0.2, 0.25) is 0 Å². The highest BCUT2D eigenvalue weighted by Gasteiger charge is 2.30. The van der Waals surface area contributed by atoms with Gasteiger partial charge in [0.25, 0.3) is 11.8 Å². The molecule has 0 aliphatic heterocycles. The third-order valence-corrected chi connectivity index (χ3v) is 7.24. The number of nitrogens with one attached hydrogen (secondary N) is 2. The van der Waals surface area contributed by atoms with Crippen molar-refractivity contribution in [3.63, 3.8) is 0 Å². The molecule has 3 N–H and O–H groups in total. The maximum atomic E-state index is 14.1. The van der Waals surface area contributed by atoms with Gasteiger partial charge in [0.05, 0.1) is 12.1 Å². The SMILES string of the molecule is C#Cc1cc(C(=O)NCCC)cc(C(=O)N(CCC)[C@@H](Cc2ccccc2)[C@H](O)CNCc2cccc(I)c2)c1. The number of hydrogen-bond donors (Lipinski definition) is 3. The summed E-state index contributed by atoms with van der Waals surface area (Å²) < 4.78 is 1.15. The first-order valence-corrected chi connectivity index (χ1v) is 14.8. The Morgan fingerprint density at radius 1 is 0.975 bits per heavy atom. The van der Waals surface area contributed by atoms with Gasteiger partial charge in [-0.1, -0.05) is 62.2 Å². The Morgan fingerprint density at radius 2 is 1.70 bits per heavy atom. The highest BCUT2D eigenvalue weighted by atomic mass is 127. The number of nitrogens with zero attached hydrogens (tertiary/aromatic N) is 1. The van der Waals surface area contributed by atoms with Gasteiger partial charge in [0.1, 0.15) is 0 Å². The lowest BCUT2D eigenvalue weighted by atomic mass is 9.97. The lowest BCUT2D eigenvalue weighted by molar-refractivity contribution is 0.0353. The van der Waals surface area contributed by atoms with Gasteiger partial charge in [0.15, 0.2) is 0 Å². The van der Waals surface area contributed by atoms with Crippen LogP contribution in [0.25, 0.3) is 0 Å². The van der Waals surface area contributed by atoms with Crippen LogP contribution in [0.5, 0.6) is 0 Å². The van der Waals surface area contributed by atoms with Crippen molar-refractivity contribution in [2.75, 3.05) is 19.6 Å². The molecular formula is C33H38IN3O3. The van der Waals surface area contributed by atoms with E-state index in [-0.39, 0.29) is 11.8 Å². The molecule has 2 atom stereocenters. The third kappa shape index (κ3) is 9.19. The van der Waals surface area contributed by atoms with E-state index in [1.54, 1.807) is 23.1 Å². The van der Waals surface area contributed by atoms with Gasteiger partial charge < -0.3 is 20.6 Å². The molecule has 0 aliphatic carbocycles. The van der Waals surface area contributed by atoms with E-state index >= 15 is 0 Å². The maximum absolute atomic E-state index is 14.1. The van der Waals surface area contributed by atoms with E-state index in [1.807, 2.05) is 62.4 Å². The van der Waals surface area contributed by atoms with Gasteiger partial charge in [0, 0.05) is 46.4 Å². The summed E-state index contributed by atoms with van der Waals surface area (Å²) in [5.74, 6) is 2.04. The number of carbonyl (C=O) groups is 2. The zero-order valence-electron chi connectivity index (χ0n) is 23.2. The Bertz CT molecular complexity index is 1310. The highest BCUT2D eigenvalue weighted by molar-refractivity contribution is 14.1. The second-order valence-electron chi connectivity index (χ2n) is 9.78. The quantitative estimate of drug-likeness (QED) is 0.169. The predicted octanol–water partition coefficient (Wildman–Crippen LogP) is 5.03. The normalized spacial score (nSPS) is 12.3. The topological polar surface area (TPSA) is 81.7 Å². The van der Waals surface area contributed by atoms with Crippen LogP contribution >= 0.6 is 22.6 Å². The molecule has 40 heavy (non-hydrogen) atoms. The summed E-state index contributed by atoms with van der Waals surface area (Å²) in [5, 5.41) is 17.7. The number of hydrogen-bond acceptors (Lipinski definition) is 4. The molecule has 210 valence electrons. The minimum atomic E-state index is -0.832. The van der Waals surface area contributed by atoms with Crippen molar-refractivity contribution in [2.24, 2.45) is 0 Å². The van der Waals surface area contributed by atoms with E-state index < -0.39 is 12.1 Å². The first-order valence-electron chi connectivity index (χ1n) is 13.7. The Kier molecular flexibility index (Phi) is 12.7. The molecule has 0 saturated heterocycles. The van der Waals surface area contributed by atoms with Crippen LogP contribution in [0.4, 0.5) is 0 Å². The summed E-state index contributed by atoms with van der Waals surface area (Å²) >= 11 is 2.28. The Balaban J connectivity index is 1.90. The number of aliphatic hydroxyl groups excluding tert-OH is 1. The highest BCUT2D eigenvalue weighted by Crippen LogP contribution is 2.20. The van der Waals surface area contributed by atoms with Crippen LogP contribution in [-0.4, -0.2) is 53.6 Å². The number of halogens is 1. The van der Waals surface area contributed by atoms with Crippen LogP contribution < -0.4 is 10.6 Å². The molecule has 0 heterocycles. The number of aliphatic hydroxyl groups is 1. The summed E-state index contributed by atoms with van der Waals surface area (Å²) in [6, 6.07) is 22.4. The summed E-state index contributed by atoms with van der Waals surface area (Å²) in [4.78, 5) is 28.5. The van der Waals surface area contributed by atoms with Crippen LogP contribution in [0.1, 0.15) is 64.1 Å². The van der Waals surface area contributed by atoms with Crippen molar-refractivity contribution in [3.05, 3.63) is 104 Å². The van der Waals surface area contributed by atoms with E-state index in [0.717, 1.165) is 21.1 Å². The van der Waals surface area contributed by atoms with Crippen molar-refractivity contribution in [1.82, 2.24) is 15.5 Å². The Labute approximate surface area is 251 Å². The standard InChI is InChI=1S/C33H38IN3O3/c1-4-15-36-32(39)27-17-24(6-3)18-28(21-27)33(40)37(16-5-2)30(20-25-11-8-7-9-12-25)31(38)23-35-22-26-13-10-14-29(34)19-26/h3,7-14,17-19,21,30-31,35,38H,4-5,15-16,20,22-23H2,1-2H3,(H,36,39)/t30-,31+/m0/s1. The lowest BCUT2D eigenvalue weighted by Crippen LogP contribution is -2.51. The molecule has 0 aliphatic rings. The summed E-state index contributed by atoms with van der Waals surface area (Å²) in [6.45, 7) is 5.87. The smallest absolute Gasteiger partial charge is 0.254 e. The minimum Gasteiger partial charge on any atom is -0.390 e. The number of benzene rings is 3. The molecule has 0 fully saturated rings. The van der Waals surface area contributed by atoms with Crippen LogP contribution in [0.2, 0.25) is 0 Å². The molecule has 3 aromatic rings. The molecule has 3 rings (SSSR count). The summed E-state index contributed by atoms with van der Waals surface area (Å²) in [5.41, 5.74) is 3.30. The Hall–Kier alpha value is -3.19. The van der Waals surface area contributed by atoms with Gasteiger partial charge >= 0.3 is 0 Å². The van der Waals surface area contributed by atoms with Crippen molar-refractivity contribution in [1.29, 1.82) is 0 Å².